The van der Waals surface area contributed by atoms with Crippen molar-refractivity contribution in [2.75, 3.05) is 13.2 Å². The van der Waals surface area contributed by atoms with Crippen molar-refractivity contribution >= 4 is 41.6 Å². The highest BCUT2D eigenvalue weighted by molar-refractivity contribution is 7.81. The molecule has 0 saturated heterocycles. The molecule has 23 heavy (non-hydrogen) atoms. The van der Waals surface area contributed by atoms with Gasteiger partial charge in [-0.1, -0.05) is 0 Å². The van der Waals surface area contributed by atoms with Gasteiger partial charge in [0.05, 0.1) is 13.2 Å². The van der Waals surface area contributed by atoms with Crippen molar-refractivity contribution in [2.45, 2.75) is 0 Å². The van der Waals surface area contributed by atoms with Gasteiger partial charge in [0, 0.05) is 0 Å². The summed E-state index contributed by atoms with van der Waals surface area (Å²) in [6, 6.07) is 0. The Hall–Kier alpha value is -0.560. The fourth-order valence-corrected chi connectivity index (χ4v) is 0.836. The lowest BCUT2D eigenvalue weighted by atomic mass is 10.8. The fraction of sp³-hybridized carbons (Fsp3) is 1.00. The second-order valence-electron chi connectivity index (χ2n) is 2.40. The Balaban J connectivity index is -0.000000137. The van der Waals surface area contributed by atoms with E-state index in [2.05, 4.69) is 8.37 Å². The molecule has 0 saturated carbocycles. The highest BCUT2D eigenvalue weighted by atomic mass is 32.3. The molecule has 0 amide bonds. The first-order chi connectivity index (χ1) is 9.21. The standard InChI is InChI=1S/C2H6O8S2.H3N.2H2O4S/c3-11(4,5)9-1-2-10-12(6,7)8;;2*1-5(2,3)4/h1-2H2,(H,3,4,5)(H,6,7,8);1H3;2*(H2,1,2,3,4). The highest BCUT2D eigenvalue weighted by Gasteiger charge is 2.07. The highest BCUT2D eigenvalue weighted by Crippen LogP contribution is 1.89. The molecule has 0 atom stereocenters. The minimum absolute atomic E-state index is 0. The van der Waals surface area contributed by atoms with Gasteiger partial charge in [0.25, 0.3) is 0 Å². The SMILES string of the molecule is N.O=S(=O)(O)O.O=S(=O)(O)O.O=S(=O)(O)OCCOS(=O)(=O)O. The molecule has 0 unspecified atom stereocenters. The Morgan fingerprint density at radius 1 is 0.522 bits per heavy atom. The fourth-order valence-electron chi connectivity index (χ4n) is 0.279. The lowest BCUT2D eigenvalue weighted by Gasteiger charge is -1.98. The van der Waals surface area contributed by atoms with Crippen LogP contribution in [0.15, 0.2) is 0 Å². The van der Waals surface area contributed by atoms with Crippen LogP contribution in [0.4, 0.5) is 0 Å². The van der Waals surface area contributed by atoms with Crippen molar-refractivity contribution in [3.63, 3.8) is 0 Å². The average molecular weight is 435 g/mol. The zero-order chi connectivity index (χ0) is 18.8. The van der Waals surface area contributed by atoms with Crippen LogP contribution in [0.1, 0.15) is 0 Å². The summed E-state index contributed by atoms with van der Waals surface area (Å²) in [4.78, 5) is 0. The first-order valence-corrected chi connectivity index (χ1v) is 9.36. The molecule has 146 valence electrons. The molecule has 0 aliphatic carbocycles. The summed E-state index contributed by atoms with van der Waals surface area (Å²) in [6.45, 7) is -1.42. The largest absolute Gasteiger partial charge is 0.397 e. The van der Waals surface area contributed by atoms with E-state index in [0.29, 0.717) is 0 Å². The summed E-state index contributed by atoms with van der Waals surface area (Å²) < 4.78 is 126. The molecule has 0 spiro atoms. The Morgan fingerprint density at radius 3 is 0.739 bits per heavy atom. The third-order valence-corrected chi connectivity index (χ3v) is 1.48. The van der Waals surface area contributed by atoms with E-state index in [4.69, 9.17) is 44.2 Å². The minimum atomic E-state index is -4.67. The average Bonchev–Trinajstić information content (AvgIpc) is 2.03. The molecule has 0 aliphatic rings. The monoisotopic (exact) mass is 435 g/mol. The zero-order valence-electron chi connectivity index (χ0n) is 10.5. The molecular formula is C2H13NO16S4. The van der Waals surface area contributed by atoms with Crippen LogP contribution in [0.3, 0.4) is 0 Å². The molecule has 0 radical (unpaired) electrons. The summed E-state index contributed by atoms with van der Waals surface area (Å²) in [6.07, 6.45) is 0. The maximum absolute atomic E-state index is 9.82. The summed E-state index contributed by atoms with van der Waals surface area (Å²) in [7, 11) is -18.5. The first-order valence-electron chi connectivity index (χ1n) is 3.84. The van der Waals surface area contributed by atoms with Gasteiger partial charge in [-0.3, -0.25) is 27.3 Å². The van der Waals surface area contributed by atoms with Crippen molar-refractivity contribution in [3.05, 3.63) is 0 Å². The van der Waals surface area contributed by atoms with Gasteiger partial charge < -0.3 is 6.15 Å². The van der Waals surface area contributed by atoms with Gasteiger partial charge in [0.15, 0.2) is 0 Å². The normalized spacial score (nSPS) is 11.9. The Kier molecular flexibility index (Phi) is 15.7. The van der Waals surface area contributed by atoms with Crippen LogP contribution < -0.4 is 6.15 Å². The Labute approximate surface area is 130 Å². The molecule has 0 aromatic carbocycles. The molecule has 0 rings (SSSR count). The number of hydrogen-bond acceptors (Lipinski definition) is 11. The molecule has 0 aromatic heterocycles. The Bertz CT molecular complexity index is 614. The quantitative estimate of drug-likeness (QED) is 0.173. The minimum Gasteiger partial charge on any atom is -0.344 e. The van der Waals surface area contributed by atoms with E-state index in [1.54, 1.807) is 0 Å². The molecule has 9 N–H and O–H groups in total. The zero-order valence-corrected chi connectivity index (χ0v) is 13.8. The second-order valence-corrected chi connectivity index (χ2v) is 6.37. The summed E-state index contributed by atoms with van der Waals surface area (Å²) in [5.41, 5.74) is 0. The molecule has 0 aliphatic heterocycles. The smallest absolute Gasteiger partial charge is 0.344 e. The van der Waals surface area contributed by atoms with Crippen molar-refractivity contribution in [3.8, 4) is 0 Å². The second kappa shape index (κ2) is 11.9. The van der Waals surface area contributed by atoms with Gasteiger partial charge in [0.2, 0.25) is 0 Å². The van der Waals surface area contributed by atoms with E-state index in [0.717, 1.165) is 0 Å². The lowest BCUT2D eigenvalue weighted by Crippen LogP contribution is -2.13. The van der Waals surface area contributed by atoms with Gasteiger partial charge in [-0.15, -0.1) is 0 Å². The van der Waals surface area contributed by atoms with Crippen LogP contribution in [-0.4, -0.2) is 74.2 Å². The molecule has 21 heteroatoms. The molecule has 17 nitrogen and oxygen atoms in total. The van der Waals surface area contributed by atoms with E-state index in [1.165, 1.54) is 0 Å². The van der Waals surface area contributed by atoms with E-state index >= 15 is 0 Å². The number of hydrogen-bond donors (Lipinski definition) is 7. The summed E-state index contributed by atoms with van der Waals surface area (Å²) in [5.74, 6) is 0. The topological polar surface area (TPSA) is 311 Å². The maximum Gasteiger partial charge on any atom is 0.397 e. The van der Waals surface area contributed by atoms with E-state index in [1.807, 2.05) is 0 Å². The maximum atomic E-state index is 9.82. The predicted molar refractivity (Wildman–Crippen MR) is 68.4 cm³/mol. The van der Waals surface area contributed by atoms with Crippen LogP contribution in [0.25, 0.3) is 0 Å². The van der Waals surface area contributed by atoms with Gasteiger partial charge in [-0.2, -0.15) is 33.7 Å². The van der Waals surface area contributed by atoms with E-state index in [9.17, 15) is 16.8 Å². The Morgan fingerprint density at radius 2 is 0.652 bits per heavy atom. The van der Waals surface area contributed by atoms with Gasteiger partial charge >= 0.3 is 41.6 Å². The predicted octanol–water partition coefficient (Wildman–Crippen LogP) is -2.52. The van der Waals surface area contributed by atoms with Gasteiger partial charge in [0.1, 0.15) is 0 Å². The third-order valence-electron chi connectivity index (χ3n) is 0.548. The van der Waals surface area contributed by atoms with Crippen LogP contribution in [0.5, 0.6) is 0 Å². The molecule has 0 heterocycles. The summed E-state index contributed by atoms with van der Waals surface area (Å²) in [5, 5.41) is 0. The van der Waals surface area contributed by atoms with E-state index in [-0.39, 0.29) is 6.15 Å². The first kappa shape index (κ1) is 30.3. The van der Waals surface area contributed by atoms with E-state index < -0.39 is 54.8 Å². The van der Waals surface area contributed by atoms with Crippen molar-refractivity contribution in [1.29, 1.82) is 0 Å². The molecular weight excluding hydrogens is 422 g/mol. The summed E-state index contributed by atoms with van der Waals surface area (Å²) >= 11 is 0. The molecule has 0 fully saturated rings. The van der Waals surface area contributed by atoms with Crippen LogP contribution in [0.2, 0.25) is 0 Å². The lowest BCUT2D eigenvalue weighted by molar-refractivity contribution is 0.190. The van der Waals surface area contributed by atoms with Crippen molar-refractivity contribution < 1.29 is 69.4 Å². The van der Waals surface area contributed by atoms with Crippen molar-refractivity contribution in [2.24, 2.45) is 0 Å². The number of rotatable bonds is 5. The van der Waals surface area contributed by atoms with Crippen LogP contribution in [0, 0.1) is 0 Å². The van der Waals surface area contributed by atoms with Crippen LogP contribution >= 0.6 is 0 Å². The van der Waals surface area contributed by atoms with Gasteiger partial charge in [-0.05, 0) is 0 Å². The molecule has 0 bridgehead atoms. The third kappa shape index (κ3) is 114. The van der Waals surface area contributed by atoms with Crippen molar-refractivity contribution in [1.82, 2.24) is 6.15 Å². The van der Waals surface area contributed by atoms with Gasteiger partial charge in [-0.25, -0.2) is 8.37 Å². The molecule has 0 aromatic rings. The van der Waals surface area contributed by atoms with Crippen LogP contribution in [-0.2, 0) is 50.0 Å².